The lowest BCUT2D eigenvalue weighted by Crippen LogP contribution is -2.10. The van der Waals surface area contributed by atoms with Gasteiger partial charge < -0.3 is 14.6 Å². The second kappa shape index (κ2) is 6.79. The Hall–Kier alpha value is -2.49. The third-order valence-corrected chi connectivity index (χ3v) is 3.03. The molecule has 0 heterocycles. The fourth-order valence-electron chi connectivity index (χ4n) is 1.90. The molecule has 0 aliphatic heterocycles. The van der Waals surface area contributed by atoms with Crippen LogP contribution in [0.15, 0.2) is 42.5 Å². The highest BCUT2D eigenvalue weighted by Gasteiger charge is 2.07. The maximum Gasteiger partial charge on any atom is 0.335 e. The first-order chi connectivity index (χ1) is 10.1. The molecule has 0 bridgehead atoms. The van der Waals surface area contributed by atoms with Crippen molar-refractivity contribution >= 4 is 5.97 Å². The van der Waals surface area contributed by atoms with Gasteiger partial charge in [-0.15, -0.1) is 0 Å². The van der Waals surface area contributed by atoms with Gasteiger partial charge in [-0.1, -0.05) is 18.2 Å². The molecule has 0 spiro atoms. The quantitative estimate of drug-likeness (QED) is 0.826. The van der Waals surface area contributed by atoms with Gasteiger partial charge in [-0.2, -0.15) is 0 Å². The zero-order valence-electron chi connectivity index (χ0n) is 12.1. The lowest BCUT2D eigenvalue weighted by atomic mass is 10.1. The van der Waals surface area contributed by atoms with Crippen molar-refractivity contribution in [2.45, 2.75) is 13.8 Å². The molecule has 2 aromatic carbocycles. The van der Waals surface area contributed by atoms with E-state index in [0.717, 1.165) is 16.9 Å². The molecule has 0 radical (unpaired) electrons. The van der Waals surface area contributed by atoms with Crippen molar-refractivity contribution in [1.82, 2.24) is 0 Å². The minimum Gasteiger partial charge on any atom is -0.490 e. The lowest BCUT2D eigenvalue weighted by Gasteiger charge is -2.11. The predicted molar refractivity (Wildman–Crippen MR) is 80.3 cm³/mol. The zero-order valence-corrected chi connectivity index (χ0v) is 12.1. The maximum atomic E-state index is 10.9. The van der Waals surface area contributed by atoms with Crippen LogP contribution < -0.4 is 9.47 Å². The molecule has 110 valence electrons. The van der Waals surface area contributed by atoms with Crippen LogP contribution in [0.1, 0.15) is 21.5 Å². The second-order valence-electron chi connectivity index (χ2n) is 4.80. The Labute approximate surface area is 123 Å². The summed E-state index contributed by atoms with van der Waals surface area (Å²) in [5.74, 6) is 0.410. The molecule has 0 amide bonds. The monoisotopic (exact) mass is 286 g/mol. The van der Waals surface area contributed by atoms with Gasteiger partial charge >= 0.3 is 5.97 Å². The molecular weight excluding hydrogens is 268 g/mol. The first-order valence-electron chi connectivity index (χ1n) is 6.72. The molecule has 0 aliphatic carbocycles. The molecule has 0 fully saturated rings. The maximum absolute atomic E-state index is 10.9. The highest BCUT2D eigenvalue weighted by atomic mass is 16.5. The number of carboxylic acids is 1. The summed E-state index contributed by atoms with van der Waals surface area (Å²) >= 11 is 0. The first kappa shape index (κ1) is 14.9. The van der Waals surface area contributed by atoms with E-state index in [9.17, 15) is 4.79 Å². The minimum absolute atomic E-state index is 0.218. The molecule has 0 aromatic heterocycles. The van der Waals surface area contributed by atoms with Gasteiger partial charge in [-0.3, -0.25) is 0 Å². The molecule has 0 saturated carbocycles. The van der Waals surface area contributed by atoms with Crippen molar-refractivity contribution in [3.8, 4) is 11.5 Å². The van der Waals surface area contributed by atoms with Gasteiger partial charge in [0.05, 0.1) is 5.56 Å². The second-order valence-corrected chi connectivity index (χ2v) is 4.80. The molecule has 0 atom stereocenters. The Balaban J connectivity index is 1.88. The summed E-state index contributed by atoms with van der Waals surface area (Å²) in [7, 11) is 0. The van der Waals surface area contributed by atoms with Crippen molar-refractivity contribution in [3.05, 3.63) is 59.2 Å². The molecule has 2 rings (SSSR count). The van der Waals surface area contributed by atoms with Crippen LogP contribution in [0, 0.1) is 13.8 Å². The van der Waals surface area contributed by atoms with Crippen molar-refractivity contribution < 1.29 is 19.4 Å². The van der Waals surface area contributed by atoms with E-state index in [2.05, 4.69) is 0 Å². The average Bonchev–Trinajstić information content (AvgIpc) is 2.45. The highest BCUT2D eigenvalue weighted by Crippen LogP contribution is 2.20. The molecule has 4 nitrogen and oxygen atoms in total. The minimum atomic E-state index is -0.962. The highest BCUT2D eigenvalue weighted by molar-refractivity contribution is 5.88. The van der Waals surface area contributed by atoms with E-state index in [1.54, 1.807) is 12.1 Å². The number of hydrogen-bond donors (Lipinski definition) is 1. The van der Waals surface area contributed by atoms with E-state index in [1.807, 2.05) is 38.1 Å². The average molecular weight is 286 g/mol. The summed E-state index contributed by atoms with van der Waals surface area (Å²) < 4.78 is 11.2. The molecular formula is C17H18O4. The number of aryl methyl sites for hydroxylation is 2. The van der Waals surface area contributed by atoms with Gasteiger partial charge in [0.15, 0.2) is 0 Å². The number of hydrogen-bond acceptors (Lipinski definition) is 3. The van der Waals surface area contributed by atoms with Crippen molar-refractivity contribution in [2.24, 2.45) is 0 Å². The van der Waals surface area contributed by atoms with E-state index >= 15 is 0 Å². The topological polar surface area (TPSA) is 55.8 Å². The third-order valence-electron chi connectivity index (χ3n) is 3.03. The fraction of sp³-hybridized carbons (Fsp3) is 0.235. The van der Waals surface area contributed by atoms with Crippen LogP contribution in [0.4, 0.5) is 0 Å². The normalized spacial score (nSPS) is 10.2. The molecule has 0 unspecified atom stereocenters. The van der Waals surface area contributed by atoms with Crippen molar-refractivity contribution in [1.29, 1.82) is 0 Å². The van der Waals surface area contributed by atoms with Crippen molar-refractivity contribution in [2.75, 3.05) is 13.2 Å². The number of aromatic carboxylic acids is 1. The Kier molecular flexibility index (Phi) is 4.82. The molecule has 1 N–H and O–H groups in total. The van der Waals surface area contributed by atoms with Crippen LogP contribution in [-0.4, -0.2) is 24.3 Å². The van der Waals surface area contributed by atoms with E-state index in [1.165, 1.54) is 6.07 Å². The van der Waals surface area contributed by atoms with Crippen LogP contribution in [0.5, 0.6) is 11.5 Å². The van der Waals surface area contributed by atoms with Crippen molar-refractivity contribution in [3.63, 3.8) is 0 Å². The molecule has 4 heteroatoms. The van der Waals surface area contributed by atoms with Gasteiger partial charge in [-0.25, -0.2) is 4.79 Å². The number of carboxylic acid groups (broad SMARTS) is 1. The Morgan fingerprint density at radius 1 is 1.05 bits per heavy atom. The molecule has 0 aliphatic rings. The summed E-state index contributed by atoms with van der Waals surface area (Å²) in [6.45, 7) is 4.64. The molecule has 0 saturated heterocycles. The van der Waals surface area contributed by atoms with Gasteiger partial charge in [0.2, 0.25) is 0 Å². The van der Waals surface area contributed by atoms with Gasteiger partial charge in [-0.05, 0) is 49.2 Å². The van der Waals surface area contributed by atoms with E-state index in [0.29, 0.717) is 19.0 Å². The first-order valence-corrected chi connectivity index (χ1v) is 6.72. The van der Waals surface area contributed by atoms with Crippen LogP contribution in [0.25, 0.3) is 0 Å². The molecule has 21 heavy (non-hydrogen) atoms. The molecule has 2 aromatic rings. The van der Waals surface area contributed by atoms with Crippen LogP contribution in [0.3, 0.4) is 0 Å². The van der Waals surface area contributed by atoms with E-state index in [4.69, 9.17) is 14.6 Å². The van der Waals surface area contributed by atoms with Crippen LogP contribution >= 0.6 is 0 Å². The number of rotatable bonds is 6. The number of ether oxygens (including phenoxy) is 2. The lowest BCUT2D eigenvalue weighted by molar-refractivity contribution is 0.0696. The zero-order chi connectivity index (χ0) is 15.2. The number of benzene rings is 2. The van der Waals surface area contributed by atoms with Crippen LogP contribution in [-0.2, 0) is 0 Å². The number of carbonyl (C=O) groups is 1. The van der Waals surface area contributed by atoms with Crippen LogP contribution in [0.2, 0.25) is 0 Å². The largest absolute Gasteiger partial charge is 0.490 e. The summed E-state index contributed by atoms with van der Waals surface area (Å²) in [6, 6.07) is 12.6. The summed E-state index contributed by atoms with van der Waals surface area (Å²) in [5, 5.41) is 8.97. The Morgan fingerprint density at radius 2 is 1.81 bits per heavy atom. The van der Waals surface area contributed by atoms with Gasteiger partial charge in [0, 0.05) is 0 Å². The standard InChI is InChI=1S/C17H18O4/c1-12-4-3-5-15(10-12)20-8-9-21-16-11-14(17(18)19)7-6-13(16)2/h3-7,10-11H,8-9H2,1-2H3,(H,18,19). The summed E-state index contributed by atoms with van der Waals surface area (Å²) in [5.41, 5.74) is 2.25. The van der Waals surface area contributed by atoms with E-state index in [-0.39, 0.29) is 5.56 Å². The Bertz CT molecular complexity index is 634. The fourth-order valence-corrected chi connectivity index (χ4v) is 1.90. The SMILES string of the molecule is Cc1cccc(OCCOc2cc(C(=O)O)ccc2C)c1. The van der Waals surface area contributed by atoms with E-state index < -0.39 is 5.97 Å². The predicted octanol–water partition coefficient (Wildman–Crippen LogP) is 3.46. The third kappa shape index (κ3) is 4.24. The smallest absolute Gasteiger partial charge is 0.335 e. The summed E-state index contributed by atoms with van der Waals surface area (Å²) in [4.78, 5) is 10.9. The van der Waals surface area contributed by atoms with Gasteiger partial charge in [0.1, 0.15) is 24.7 Å². The summed E-state index contributed by atoms with van der Waals surface area (Å²) in [6.07, 6.45) is 0. The van der Waals surface area contributed by atoms with Gasteiger partial charge in [0.25, 0.3) is 0 Å². The Morgan fingerprint density at radius 3 is 2.52 bits per heavy atom.